The average molecular weight is 467 g/mol. The lowest BCUT2D eigenvalue weighted by molar-refractivity contribution is 0.0691. The zero-order chi connectivity index (χ0) is 23.7. The van der Waals surface area contributed by atoms with Crippen LogP contribution >= 0.6 is 11.6 Å². The van der Waals surface area contributed by atoms with Crippen molar-refractivity contribution in [2.75, 3.05) is 23.3 Å². The van der Waals surface area contributed by atoms with Crippen molar-refractivity contribution in [1.82, 2.24) is 14.4 Å². The molecule has 1 aliphatic rings. The summed E-state index contributed by atoms with van der Waals surface area (Å²) in [6.07, 6.45) is 4.73. The van der Waals surface area contributed by atoms with Crippen LogP contribution in [0.4, 0.5) is 11.5 Å². The number of carboxylic acid groups (broad SMARTS) is 1. The first-order chi connectivity index (χ1) is 15.8. The van der Waals surface area contributed by atoms with Gasteiger partial charge in [-0.1, -0.05) is 11.6 Å². The van der Waals surface area contributed by atoms with Crippen LogP contribution in [0.2, 0.25) is 5.15 Å². The second kappa shape index (κ2) is 9.08. The lowest BCUT2D eigenvalue weighted by Gasteiger charge is -2.29. The molecule has 2 N–H and O–H groups in total. The van der Waals surface area contributed by atoms with Gasteiger partial charge in [0, 0.05) is 24.8 Å². The molecule has 0 aromatic carbocycles. The van der Waals surface area contributed by atoms with E-state index in [1.54, 1.807) is 12.3 Å². The van der Waals surface area contributed by atoms with Gasteiger partial charge in [0.05, 0.1) is 11.7 Å². The predicted molar refractivity (Wildman–Crippen MR) is 125 cm³/mol. The van der Waals surface area contributed by atoms with Crippen LogP contribution in [0.1, 0.15) is 59.4 Å². The van der Waals surface area contributed by atoms with E-state index in [1.807, 2.05) is 30.9 Å². The smallest absolute Gasteiger partial charge is 0.356 e. The topological polar surface area (TPSA) is 124 Å². The number of aryl methyl sites for hydroxylation is 1. The number of anilines is 2. The van der Waals surface area contributed by atoms with Crippen molar-refractivity contribution in [2.24, 2.45) is 0 Å². The number of hydrogen-bond donors (Lipinski definition) is 2. The zero-order valence-corrected chi connectivity index (χ0v) is 19.1. The fraction of sp³-hybridized carbons (Fsp3) is 0.348. The number of nitrogens with one attached hydrogen (secondary N) is 1. The highest BCUT2D eigenvalue weighted by Crippen LogP contribution is 2.28. The van der Waals surface area contributed by atoms with E-state index < -0.39 is 17.6 Å². The molecule has 3 aromatic heterocycles. The molecular weight excluding hydrogens is 444 g/mol. The molecule has 1 fully saturated rings. The Bertz CT molecular complexity index is 1340. The molecule has 170 valence electrons. The van der Waals surface area contributed by atoms with Crippen molar-refractivity contribution in [1.29, 1.82) is 5.26 Å². The first kappa shape index (κ1) is 22.6. The van der Waals surface area contributed by atoms with Gasteiger partial charge in [-0.2, -0.15) is 5.26 Å². The van der Waals surface area contributed by atoms with Gasteiger partial charge in [0.2, 0.25) is 0 Å². The number of carbonyl (C=O) groups is 1. The van der Waals surface area contributed by atoms with E-state index in [0.29, 0.717) is 22.7 Å². The van der Waals surface area contributed by atoms with E-state index >= 15 is 0 Å². The Morgan fingerprint density at radius 3 is 2.67 bits per heavy atom. The minimum Gasteiger partial charge on any atom is -0.476 e. The lowest BCUT2D eigenvalue weighted by atomic mass is 10.1. The Kier molecular flexibility index (Phi) is 6.20. The van der Waals surface area contributed by atoms with Crippen molar-refractivity contribution in [3.8, 4) is 6.07 Å². The normalized spacial score (nSPS) is 14.7. The van der Waals surface area contributed by atoms with Gasteiger partial charge in [-0.05, 0) is 56.9 Å². The van der Waals surface area contributed by atoms with Crippen molar-refractivity contribution in [3.05, 3.63) is 62.3 Å². The second-order valence-corrected chi connectivity index (χ2v) is 8.53. The summed E-state index contributed by atoms with van der Waals surface area (Å²) in [6.45, 7) is 5.18. The Balaban J connectivity index is 1.86. The highest BCUT2D eigenvalue weighted by atomic mass is 35.5. The number of hydrogen-bond acceptors (Lipinski definition) is 7. The number of rotatable bonds is 5. The third kappa shape index (κ3) is 4.34. The summed E-state index contributed by atoms with van der Waals surface area (Å²) in [4.78, 5) is 35.6. The van der Waals surface area contributed by atoms with E-state index in [1.165, 1.54) is 10.5 Å². The number of halogens is 1. The van der Waals surface area contributed by atoms with Crippen LogP contribution in [-0.4, -0.2) is 38.5 Å². The van der Waals surface area contributed by atoms with E-state index in [0.717, 1.165) is 37.9 Å². The largest absolute Gasteiger partial charge is 0.476 e. The van der Waals surface area contributed by atoms with Crippen LogP contribution in [0, 0.1) is 18.3 Å². The van der Waals surface area contributed by atoms with Gasteiger partial charge in [0.1, 0.15) is 16.9 Å². The summed E-state index contributed by atoms with van der Waals surface area (Å²) in [5.41, 5.74) is 1.63. The van der Waals surface area contributed by atoms with Crippen LogP contribution in [0.15, 0.2) is 29.2 Å². The molecule has 10 heteroatoms. The predicted octanol–water partition coefficient (Wildman–Crippen LogP) is 3.78. The minimum absolute atomic E-state index is 0.0293. The zero-order valence-electron chi connectivity index (χ0n) is 18.3. The quantitative estimate of drug-likeness (QED) is 0.544. The molecule has 4 heterocycles. The van der Waals surface area contributed by atoms with Crippen molar-refractivity contribution in [2.45, 2.75) is 39.2 Å². The standard InChI is InChI=1S/C23H23ClN6O3/c1-13-10-15(14(2)26-17-6-7-18(24)27-19(17)23(32)33)21-28-20(29-8-4-3-5-9-29)16(11-25)22(31)30(21)12-13/h6-7,10,12,14,26H,3-5,8-9H2,1-2H3,(H,32,33). The third-order valence-electron chi connectivity index (χ3n) is 5.74. The van der Waals surface area contributed by atoms with Gasteiger partial charge >= 0.3 is 5.97 Å². The van der Waals surface area contributed by atoms with Crippen LogP contribution in [-0.2, 0) is 0 Å². The Morgan fingerprint density at radius 1 is 1.27 bits per heavy atom. The third-order valence-corrected chi connectivity index (χ3v) is 5.95. The van der Waals surface area contributed by atoms with E-state index in [9.17, 15) is 20.0 Å². The van der Waals surface area contributed by atoms with Gasteiger partial charge in [-0.15, -0.1) is 0 Å². The molecule has 1 aliphatic heterocycles. The molecule has 0 aliphatic carbocycles. The van der Waals surface area contributed by atoms with Gasteiger partial charge in [0.15, 0.2) is 17.1 Å². The first-order valence-corrected chi connectivity index (χ1v) is 11.1. The van der Waals surface area contributed by atoms with Crippen molar-refractivity contribution < 1.29 is 9.90 Å². The molecule has 0 radical (unpaired) electrons. The number of aromatic nitrogens is 3. The number of pyridine rings is 2. The molecule has 3 aromatic rings. The number of nitriles is 1. The summed E-state index contributed by atoms with van der Waals surface area (Å²) >= 11 is 5.87. The summed E-state index contributed by atoms with van der Waals surface area (Å²) < 4.78 is 1.40. The SMILES string of the molecule is Cc1cc(C(C)Nc2ccc(Cl)nc2C(=O)O)c2nc(N3CCCCC3)c(C#N)c(=O)n2c1. The molecule has 33 heavy (non-hydrogen) atoms. The summed E-state index contributed by atoms with van der Waals surface area (Å²) in [5, 5.41) is 22.5. The molecule has 0 bridgehead atoms. The Labute approximate surface area is 195 Å². The summed E-state index contributed by atoms with van der Waals surface area (Å²) in [7, 11) is 0. The number of carboxylic acids is 1. The fourth-order valence-corrected chi connectivity index (χ4v) is 4.32. The van der Waals surface area contributed by atoms with Crippen LogP contribution < -0.4 is 15.8 Å². The molecular formula is C23H23ClN6O3. The Morgan fingerprint density at radius 2 is 2.00 bits per heavy atom. The molecule has 1 atom stereocenters. The number of aromatic carboxylic acids is 1. The van der Waals surface area contributed by atoms with Crippen molar-refractivity contribution >= 4 is 34.7 Å². The first-order valence-electron chi connectivity index (χ1n) is 10.7. The maximum Gasteiger partial charge on any atom is 0.356 e. The molecule has 0 spiro atoms. The minimum atomic E-state index is -1.21. The van der Waals surface area contributed by atoms with Gasteiger partial charge in [-0.25, -0.2) is 14.8 Å². The van der Waals surface area contributed by atoms with Gasteiger partial charge in [-0.3, -0.25) is 9.20 Å². The van der Waals surface area contributed by atoms with Crippen LogP contribution in [0.3, 0.4) is 0 Å². The highest BCUT2D eigenvalue weighted by molar-refractivity contribution is 6.29. The van der Waals surface area contributed by atoms with E-state index in [-0.39, 0.29) is 16.4 Å². The molecule has 1 saturated heterocycles. The molecule has 0 amide bonds. The summed E-state index contributed by atoms with van der Waals surface area (Å²) in [5.74, 6) is -0.805. The van der Waals surface area contributed by atoms with E-state index in [4.69, 9.17) is 16.6 Å². The highest BCUT2D eigenvalue weighted by Gasteiger charge is 2.23. The van der Waals surface area contributed by atoms with Gasteiger partial charge < -0.3 is 15.3 Å². The average Bonchev–Trinajstić information content (AvgIpc) is 2.80. The molecule has 9 nitrogen and oxygen atoms in total. The second-order valence-electron chi connectivity index (χ2n) is 8.14. The summed E-state index contributed by atoms with van der Waals surface area (Å²) in [6, 6.07) is 6.59. The molecule has 4 rings (SSSR count). The van der Waals surface area contributed by atoms with Crippen LogP contribution in [0.25, 0.3) is 5.65 Å². The van der Waals surface area contributed by atoms with E-state index in [2.05, 4.69) is 10.3 Å². The maximum absolute atomic E-state index is 13.2. The Hall–Kier alpha value is -3.64. The fourth-order valence-electron chi connectivity index (χ4n) is 4.17. The van der Waals surface area contributed by atoms with Crippen molar-refractivity contribution in [3.63, 3.8) is 0 Å². The maximum atomic E-state index is 13.2. The number of nitrogens with zero attached hydrogens (tertiary/aromatic N) is 5. The molecule has 0 saturated carbocycles. The van der Waals surface area contributed by atoms with Gasteiger partial charge in [0.25, 0.3) is 5.56 Å². The molecule has 1 unspecified atom stereocenters. The number of piperidine rings is 1. The lowest BCUT2D eigenvalue weighted by Crippen LogP contribution is -2.34. The number of fused-ring (bicyclic) bond motifs is 1. The van der Waals surface area contributed by atoms with Crippen LogP contribution in [0.5, 0.6) is 0 Å². The monoisotopic (exact) mass is 466 g/mol.